The molecule has 4 aliphatic rings. The predicted molar refractivity (Wildman–Crippen MR) is 219 cm³/mol. The van der Waals surface area contributed by atoms with Crippen molar-refractivity contribution in [3.63, 3.8) is 0 Å². The molecule has 10 heteroatoms. The van der Waals surface area contributed by atoms with Crippen LogP contribution in [0.3, 0.4) is 0 Å². The Morgan fingerprint density at radius 2 is 1.75 bits per heavy atom. The SMILES string of the molecule is CCc1c2[n-]c(c1C)/C=C1\[N-]C(=C(C)[C@H]1CC)/C=C1\[N-]C(C3=c4[n-]/c(c(C)c4[C@@H](O)[C@@H]3C(=O)OC)=C\2)[C@@H](CCC(=O)OC/C=C(\C)CCCC(C)C)[C@@H]1C.[Mg+2]. The van der Waals surface area contributed by atoms with Crippen LogP contribution in [0.2, 0.25) is 0 Å². The molecule has 0 saturated carbocycles. The first kappa shape index (κ1) is 42.7. The van der Waals surface area contributed by atoms with E-state index in [-0.39, 0.29) is 59.8 Å². The molecule has 6 atom stereocenters. The molecule has 6 rings (SSSR count). The van der Waals surface area contributed by atoms with Crippen LogP contribution in [0.1, 0.15) is 127 Å². The van der Waals surface area contributed by atoms with Gasteiger partial charge < -0.3 is 35.2 Å². The number of rotatable bonds is 12. The molecule has 292 valence electrons. The number of aliphatic hydroxyl groups excluding tert-OH is 1. The van der Waals surface area contributed by atoms with E-state index in [1.807, 2.05) is 19.1 Å². The van der Waals surface area contributed by atoms with Gasteiger partial charge in [-0.2, -0.15) is 11.4 Å². The number of nitrogens with zero attached hydrogens (tertiary/aromatic N) is 4. The molecule has 0 aromatic carbocycles. The number of fused-ring (bicyclic) bond motifs is 8. The van der Waals surface area contributed by atoms with Gasteiger partial charge in [0.1, 0.15) is 12.5 Å². The fourth-order valence-corrected chi connectivity index (χ4v) is 9.01. The maximum Gasteiger partial charge on any atom is 2.00 e. The second-order valence-electron chi connectivity index (χ2n) is 16.1. The van der Waals surface area contributed by atoms with Crippen LogP contribution < -0.4 is 20.7 Å². The van der Waals surface area contributed by atoms with E-state index in [0.717, 1.165) is 70.9 Å². The normalized spacial score (nSPS) is 26.7. The second kappa shape index (κ2) is 17.8. The summed E-state index contributed by atoms with van der Waals surface area (Å²) in [6, 6.07) is -0.520. The number of carbonyl (C=O) groups is 2. The zero-order chi connectivity index (χ0) is 39.0. The minimum Gasteiger partial charge on any atom is -0.681 e. The summed E-state index contributed by atoms with van der Waals surface area (Å²) in [5.74, 6) is -1.18. The van der Waals surface area contributed by atoms with Crippen molar-refractivity contribution in [1.82, 2.24) is 9.97 Å². The van der Waals surface area contributed by atoms with Crippen LogP contribution in [0.5, 0.6) is 0 Å². The minimum absolute atomic E-state index is 0. The van der Waals surface area contributed by atoms with E-state index >= 15 is 0 Å². The maximum absolute atomic E-state index is 13.6. The van der Waals surface area contributed by atoms with Crippen molar-refractivity contribution >= 4 is 52.7 Å². The van der Waals surface area contributed by atoms with Gasteiger partial charge in [-0.05, 0) is 95.1 Å². The van der Waals surface area contributed by atoms with Crippen molar-refractivity contribution in [1.29, 1.82) is 0 Å². The molecule has 55 heavy (non-hydrogen) atoms. The molecule has 1 saturated heterocycles. The van der Waals surface area contributed by atoms with E-state index in [9.17, 15) is 14.7 Å². The first-order valence-electron chi connectivity index (χ1n) is 20.0. The van der Waals surface area contributed by atoms with Gasteiger partial charge >= 0.3 is 35.0 Å². The van der Waals surface area contributed by atoms with Crippen LogP contribution in [0.4, 0.5) is 0 Å². The fourth-order valence-electron chi connectivity index (χ4n) is 9.01. The molecule has 3 aliphatic heterocycles. The third kappa shape index (κ3) is 8.33. The van der Waals surface area contributed by atoms with Crippen LogP contribution in [0, 0.1) is 43.4 Å². The van der Waals surface area contributed by atoms with Crippen molar-refractivity contribution < 1.29 is 24.2 Å². The molecule has 0 amide bonds. The molecule has 0 radical (unpaired) electrons. The van der Waals surface area contributed by atoms with Gasteiger partial charge in [0.05, 0.1) is 13.2 Å². The summed E-state index contributed by atoms with van der Waals surface area (Å²) in [6.07, 6.45) is 12.8. The second-order valence-corrected chi connectivity index (χ2v) is 16.1. The standard InChI is InChI=1S/C45H58N4O5.Mg/c1-11-29-25(6)32-20-34-27(8)31(16-17-38(50)54-19-18-24(5)15-13-14-23(3)4)42(48-34)40-41(45(52)53-10)44(51)39-28(9)35(49-43(39)40)22-37-30(12-2)26(7)33(47-37)21-36(29)46-32;/h18,20-23,27,29,31,41-42,44,51H,11-17,19H2,1-10H3;/q-4;+2/b24-18+,34-20-,35-22-,36-21-;/t27-,29+,31-,41+,42?,44+;/m0./s1. The number of aliphatic hydroxyl groups is 1. The summed E-state index contributed by atoms with van der Waals surface area (Å²) in [7, 11) is 1.35. The largest absolute Gasteiger partial charge is 2.00 e. The van der Waals surface area contributed by atoms with Crippen LogP contribution in [-0.2, 0) is 25.5 Å². The summed E-state index contributed by atoms with van der Waals surface area (Å²) in [4.78, 5) is 37.0. The summed E-state index contributed by atoms with van der Waals surface area (Å²) in [5.41, 5.74) is 11.3. The summed E-state index contributed by atoms with van der Waals surface area (Å²) >= 11 is 0. The molecular formula is C45H58MgN4O5-2. The molecule has 1 aliphatic carbocycles. The molecule has 9 nitrogen and oxygen atoms in total. The topological polar surface area (TPSA) is 129 Å². The van der Waals surface area contributed by atoms with Crippen molar-refractivity contribution in [2.24, 2.45) is 29.6 Å². The number of methoxy groups -OCH3 is 1. The van der Waals surface area contributed by atoms with Crippen molar-refractivity contribution in [3.8, 4) is 0 Å². The van der Waals surface area contributed by atoms with Gasteiger partial charge in [0, 0.05) is 6.42 Å². The number of esters is 2. The molecule has 5 heterocycles. The first-order valence-corrected chi connectivity index (χ1v) is 20.0. The van der Waals surface area contributed by atoms with Crippen molar-refractivity contribution in [3.05, 3.63) is 95.4 Å². The Labute approximate surface area is 343 Å². The van der Waals surface area contributed by atoms with Crippen LogP contribution in [-0.4, -0.2) is 59.9 Å². The Morgan fingerprint density at radius 1 is 1.00 bits per heavy atom. The van der Waals surface area contributed by atoms with Crippen LogP contribution in [0.15, 0.2) is 40.4 Å². The van der Waals surface area contributed by atoms with Gasteiger partial charge in [-0.3, -0.25) is 9.59 Å². The van der Waals surface area contributed by atoms with Crippen LogP contribution in [0.25, 0.3) is 28.4 Å². The number of carbonyl (C=O) groups excluding carboxylic acids is 2. The Balaban J connectivity index is 0.00000580. The van der Waals surface area contributed by atoms with Gasteiger partial charge in [-0.1, -0.05) is 98.7 Å². The number of allylic oxidation sites excluding steroid dienone is 4. The van der Waals surface area contributed by atoms with Gasteiger partial charge in [-0.25, -0.2) is 0 Å². The van der Waals surface area contributed by atoms with E-state index in [2.05, 4.69) is 67.5 Å². The molecule has 1 unspecified atom stereocenters. The Bertz CT molecular complexity index is 2050. The zero-order valence-corrected chi connectivity index (χ0v) is 36.0. The maximum atomic E-state index is 13.6. The number of aromatic nitrogens is 2. The zero-order valence-electron chi connectivity index (χ0n) is 34.6. The third-order valence-corrected chi connectivity index (χ3v) is 12.3. The average Bonchev–Trinajstić information content (AvgIpc) is 3.87. The van der Waals surface area contributed by atoms with E-state index in [4.69, 9.17) is 30.1 Å². The van der Waals surface area contributed by atoms with E-state index in [1.54, 1.807) is 0 Å². The molecule has 8 bridgehead atoms. The summed E-state index contributed by atoms with van der Waals surface area (Å²) in [5, 5.41) is 23.8. The molecule has 0 spiro atoms. The predicted octanol–water partition coefficient (Wildman–Crippen LogP) is 7.25. The van der Waals surface area contributed by atoms with Crippen molar-refractivity contribution in [2.75, 3.05) is 13.7 Å². The average molecular weight is 759 g/mol. The number of hydrogen-bond donors (Lipinski definition) is 1. The molecule has 1 fully saturated rings. The molecule has 2 aromatic heterocycles. The smallest absolute Gasteiger partial charge is 0.681 e. The van der Waals surface area contributed by atoms with E-state index < -0.39 is 24.0 Å². The third-order valence-electron chi connectivity index (χ3n) is 12.3. The summed E-state index contributed by atoms with van der Waals surface area (Å²) < 4.78 is 11.0. The van der Waals surface area contributed by atoms with Gasteiger partial charge in [0.25, 0.3) is 0 Å². The van der Waals surface area contributed by atoms with E-state index in [0.29, 0.717) is 34.2 Å². The quantitative estimate of drug-likeness (QED) is 0.137. The van der Waals surface area contributed by atoms with Crippen LogP contribution >= 0.6 is 0 Å². The Hall–Kier alpha value is -3.47. The molecule has 2 aromatic rings. The van der Waals surface area contributed by atoms with Gasteiger partial charge in [-0.15, -0.1) is 27.8 Å². The van der Waals surface area contributed by atoms with Gasteiger partial charge in [0.15, 0.2) is 0 Å². The van der Waals surface area contributed by atoms with E-state index in [1.165, 1.54) is 24.7 Å². The fraction of sp³-hybridized carbons (Fsp3) is 0.556. The molecular weight excluding hydrogens is 701 g/mol. The van der Waals surface area contributed by atoms with Gasteiger partial charge in [0.2, 0.25) is 0 Å². The summed E-state index contributed by atoms with van der Waals surface area (Å²) in [6.45, 7) is 19.5. The molecule has 1 N–H and O–H groups in total. The first-order chi connectivity index (χ1) is 25.8. The Kier molecular flexibility index (Phi) is 13.8. The van der Waals surface area contributed by atoms with Crippen molar-refractivity contribution in [2.45, 2.75) is 119 Å². The monoisotopic (exact) mass is 758 g/mol. The number of ether oxygens (including phenoxy) is 2. The minimum atomic E-state index is -1.14. The number of hydrogen-bond acceptors (Lipinski definition) is 5. The Morgan fingerprint density at radius 3 is 2.42 bits per heavy atom.